The molecule has 0 amide bonds. The number of hydrogen-bond donors (Lipinski definition) is 1. The molecule has 0 atom stereocenters. The highest BCUT2D eigenvalue weighted by atomic mass is 32.1. The van der Waals surface area contributed by atoms with Gasteiger partial charge in [-0.2, -0.15) is 0 Å². The van der Waals surface area contributed by atoms with Gasteiger partial charge in [0.05, 0.1) is 5.00 Å². The standard InChI is InChI=1S/C16H26N4S/c1-3-5-6-9-18-16(17-4-2)20-12-10-19(11-13-20)15-8-7-14-21-15/h3,5,7-8,14H,4,6,9-13H2,1-2H3,(H,17,18)/b5-3+. The van der Waals surface area contributed by atoms with Crippen molar-refractivity contribution in [3.05, 3.63) is 29.7 Å². The number of rotatable bonds is 5. The number of thiophene rings is 1. The molecule has 0 bridgehead atoms. The van der Waals surface area contributed by atoms with Crippen LogP contribution in [0.5, 0.6) is 0 Å². The Bertz CT molecular complexity index is 445. The van der Waals surface area contributed by atoms with Gasteiger partial charge < -0.3 is 15.1 Å². The maximum absolute atomic E-state index is 4.73. The van der Waals surface area contributed by atoms with Gasteiger partial charge in [-0.05, 0) is 37.8 Å². The largest absolute Gasteiger partial charge is 0.360 e. The third kappa shape index (κ3) is 4.77. The average Bonchev–Trinajstić information content (AvgIpc) is 3.05. The van der Waals surface area contributed by atoms with Crippen LogP contribution in [0, 0.1) is 0 Å². The number of allylic oxidation sites excluding steroid dienone is 1. The van der Waals surface area contributed by atoms with Crippen molar-refractivity contribution in [2.75, 3.05) is 44.2 Å². The van der Waals surface area contributed by atoms with Gasteiger partial charge in [0.1, 0.15) is 0 Å². The monoisotopic (exact) mass is 306 g/mol. The summed E-state index contributed by atoms with van der Waals surface area (Å²) < 4.78 is 0. The Morgan fingerprint density at radius 1 is 1.38 bits per heavy atom. The molecule has 0 radical (unpaired) electrons. The average molecular weight is 306 g/mol. The molecule has 1 saturated heterocycles. The molecule has 116 valence electrons. The fourth-order valence-corrected chi connectivity index (χ4v) is 3.21. The van der Waals surface area contributed by atoms with Crippen LogP contribution in [0.3, 0.4) is 0 Å². The van der Waals surface area contributed by atoms with Gasteiger partial charge in [0, 0.05) is 39.3 Å². The number of piperazine rings is 1. The smallest absolute Gasteiger partial charge is 0.194 e. The minimum atomic E-state index is 0.859. The van der Waals surface area contributed by atoms with Crippen LogP contribution in [0.1, 0.15) is 20.3 Å². The van der Waals surface area contributed by atoms with Crippen LogP contribution in [0.15, 0.2) is 34.7 Å². The van der Waals surface area contributed by atoms with Crippen LogP contribution < -0.4 is 10.2 Å². The third-order valence-corrected chi connectivity index (χ3v) is 4.45. The summed E-state index contributed by atoms with van der Waals surface area (Å²) in [4.78, 5) is 9.57. The zero-order chi connectivity index (χ0) is 14.9. The Labute approximate surface area is 132 Å². The molecule has 21 heavy (non-hydrogen) atoms. The normalized spacial score (nSPS) is 16.8. The first-order chi connectivity index (χ1) is 10.3. The molecule has 1 aromatic heterocycles. The lowest BCUT2D eigenvalue weighted by molar-refractivity contribution is 0.373. The summed E-state index contributed by atoms with van der Waals surface area (Å²) in [6, 6.07) is 4.33. The lowest BCUT2D eigenvalue weighted by Gasteiger charge is -2.37. The molecule has 5 heteroatoms. The minimum absolute atomic E-state index is 0.859. The van der Waals surface area contributed by atoms with E-state index in [9.17, 15) is 0 Å². The van der Waals surface area contributed by atoms with Gasteiger partial charge in [0.2, 0.25) is 0 Å². The summed E-state index contributed by atoms with van der Waals surface area (Å²) in [6.45, 7) is 10.2. The van der Waals surface area contributed by atoms with Crippen LogP contribution in [0.4, 0.5) is 5.00 Å². The second-order valence-electron chi connectivity index (χ2n) is 5.02. The van der Waals surface area contributed by atoms with E-state index < -0.39 is 0 Å². The van der Waals surface area contributed by atoms with Crippen molar-refractivity contribution in [1.82, 2.24) is 10.2 Å². The Balaban J connectivity index is 1.87. The van der Waals surface area contributed by atoms with Crippen molar-refractivity contribution in [3.8, 4) is 0 Å². The Morgan fingerprint density at radius 2 is 2.19 bits per heavy atom. The third-order valence-electron chi connectivity index (χ3n) is 3.52. The van der Waals surface area contributed by atoms with E-state index >= 15 is 0 Å². The first-order valence-electron chi connectivity index (χ1n) is 7.78. The van der Waals surface area contributed by atoms with Gasteiger partial charge in [-0.1, -0.05) is 12.2 Å². The maximum Gasteiger partial charge on any atom is 0.194 e. The van der Waals surface area contributed by atoms with Crippen LogP contribution in [0.25, 0.3) is 0 Å². The van der Waals surface area contributed by atoms with Gasteiger partial charge >= 0.3 is 0 Å². The molecule has 2 heterocycles. The van der Waals surface area contributed by atoms with Crippen LogP contribution in [-0.4, -0.2) is 50.1 Å². The Morgan fingerprint density at radius 3 is 2.81 bits per heavy atom. The van der Waals surface area contributed by atoms with E-state index in [1.165, 1.54) is 5.00 Å². The van der Waals surface area contributed by atoms with Gasteiger partial charge in [-0.3, -0.25) is 4.99 Å². The molecule has 0 spiro atoms. The van der Waals surface area contributed by atoms with Gasteiger partial charge in [-0.25, -0.2) is 0 Å². The summed E-state index contributed by atoms with van der Waals surface area (Å²) in [5.41, 5.74) is 0. The predicted molar refractivity (Wildman–Crippen MR) is 93.5 cm³/mol. The van der Waals surface area contributed by atoms with E-state index in [0.29, 0.717) is 0 Å². The molecule has 1 aliphatic rings. The molecule has 0 aromatic carbocycles. The zero-order valence-corrected chi connectivity index (χ0v) is 13.9. The number of nitrogens with zero attached hydrogens (tertiary/aromatic N) is 3. The first kappa shape index (κ1) is 15.9. The Kier molecular flexibility index (Phi) is 6.60. The number of aliphatic imine (C=N–C) groups is 1. The molecule has 1 fully saturated rings. The van der Waals surface area contributed by atoms with Crippen molar-refractivity contribution < 1.29 is 0 Å². The second kappa shape index (κ2) is 8.72. The van der Waals surface area contributed by atoms with E-state index in [-0.39, 0.29) is 0 Å². The van der Waals surface area contributed by atoms with Gasteiger partial charge in [0.25, 0.3) is 0 Å². The topological polar surface area (TPSA) is 30.9 Å². The summed E-state index contributed by atoms with van der Waals surface area (Å²) in [6.07, 6.45) is 5.27. The van der Waals surface area contributed by atoms with Crippen molar-refractivity contribution >= 4 is 22.3 Å². The molecule has 1 N–H and O–H groups in total. The van der Waals surface area contributed by atoms with E-state index in [2.05, 4.69) is 58.6 Å². The summed E-state index contributed by atoms with van der Waals surface area (Å²) in [5.74, 6) is 1.06. The molecule has 0 aliphatic carbocycles. The van der Waals surface area contributed by atoms with Gasteiger partial charge in [-0.15, -0.1) is 11.3 Å². The predicted octanol–water partition coefficient (Wildman–Crippen LogP) is 2.80. The number of hydrogen-bond acceptors (Lipinski definition) is 3. The molecular formula is C16H26N4S. The minimum Gasteiger partial charge on any atom is -0.360 e. The molecule has 0 unspecified atom stereocenters. The lowest BCUT2D eigenvalue weighted by atomic mass is 10.3. The quantitative estimate of drug-likeness (QED) is 0.393. The lowest BCUT2D eigenvalue weighted by Crippen LogP contribution is -2.52. The van der Waals surface area contributed by atoms with E-state index in [0.717, 1.165) is 51.6 Å². The highest BCUT2D eigenvalue weighted by Crippen LogP contribution is 2.22. The van der Waals surface area contributed by atoms with Crippen molar-refractivity contribution in [3.63, 3.8) is 0 Å². The molecule has 1 aromatic rings. The van der Waals surface area contributed by atoms with Gasteiger partial charge in [0.15, 0.2) is 5.96 Å². The van der Waals surface area contributed by atoms with Crippen LogP contribution in [0.2, 0.25) is 0 Å². The van der Waals surface area contributed by atoms with E-state index in [1.54, 1.807) is 0 Å². The number of anilines is 1. The molecule has 0 saturated carbocycles. The highest BCUT2D eigenvalue weighted by Gasteiger charge is 2.19. The molecular weight excluding hydrogens is 280 g/mol. The summed E-state index contributed by atoms with van der Waals surface area (Å²) >= 11 is 1.82. The van der Waals surface area contributed by atoms with E-state index in [4.69, 9.17) is 4.99 Å². The van der Waals surface area contributed by atoms with E-state index in [1.807, 2.05) is 11.3 Å². The first-order valence-corrected chi connectivity index (χ1v) is 8.66. The Hall–Kier alpha value is -1.49. The summed E-state index contributed by atoms with van der Waals surface area (Å²) in [5, 5.41) is 6.94. The molecule has 2 rings (SSSR count). The van der Waals surface area contributed by atoms with Crippen LogP contribution >= 0.6 is 11.3 Å². The van der Waals surface area contributed by atoms with Crippen molar-refractivity contribution in [2.45, 2.75) is 20.3 Å². The zero-order valence-electron chi connectivity index (χ0n) is 13.1. The van der Waals surface area contributed by atoms with Crippen molar-refractivity contribution in [2.24, 2.45) is 4.99 Å². The number of nitrogens with one attached hydrogen (secondary N) is 1. The fourth-order valence-electron chi connectivity index (χ4n) is 2.43. The second-order valence-corrected chi connectivity index (χ2v) is 5.94. The number of guanidine groups is 1. The maximum atomic E-state index is 4.73. The van der Waals surface area contributed by atoms with Crippen LogP contribution in [-0.2, 0) is 0 Å². The molecule has 1 aliphatic heterocycles. The molecule has 4 nitrogen and oxygen atoms in total. The van der Waals surface area contributed by atoms with Crippen molar-refractivity contribution in [1.29, 1.82) is 0 Å². The fraction of sp³-hybridized carbons (Fsp3) is 0.562. The SMILES string of the molecule is C/C=C/CCN=C(NCC)N1CCN(c2cccs2)CC1. The highest BCUT2D eigenvalue weighted by molar-refractivity contribution is 7.14. The summed E-state index contributed by atoms with van der Waals surface area (Å²) in [7, 11) is 0.